The molecule has 4 aromatic rings. The zero-order chi connectivity index (χ0) is 23.7. The third kappa shape index (κ3) is 4.16. The molecule has 2 N–H and O–H groups in total. The summed E-state index contributed by atoms with van der Waals surface area (Å²) in [5, 5.41) is 5.56. The number of carbonyl (C=O) groups is 2. The highest BCUT2D eigenvalue weighted by molar-refractivity contribution is 5.98. The molecule has 0 saturated carbocycles. The summed E-state index contributed by atoms with van der Waals surface area (Å²) in [6, 6.07) is 10.1. The maximum Gasteiger partial charge on any atom is 0.255 e. The molecule has 0 bridgehead atoms. The molecule has 1 atom stereocenters. The Kier molecular flexibility index (Phi) is 6.09. The first-order valence-electron chi connectivity index (χ1n) is 11.0. The Morgan fingerprint density at radius 3 is 2.70 bits per heavy atom. The molecule has 4 heterocycles. The molecule has 3 aromatic heterocycles. The molecule has 8 nitrogen and oxygen atoms in total. The van der Waals surface area contributed by atoms with Gasteiger partial charge in [0.15, 0.2) is 5.75 Å². The molecule has 5 rings (SSSR count). The lowest BCUT2D eigenvalue weighted by molar-refractivity contribution is -0.106. The topological polar surface area (TPSA) is 94.9 Å². The number of amides is 2. The lowest BCUT2D eigenvalue weighted by Crippen LogP contribution is -2.28. The Labute approximate surface area is 192 Å². The van der Waals surface area contributed by atoms with Crippen LogP contribution in [0.15, 0.2) is 42.7 Å². The van der Waals surface area contributed by atoms with Crippen LogP contribution < -0.4 is 10.5 Å². The van der Waals surface area contributed by atoms with Crippen LogP contribution >= 0.6 is 0 Å². The first kappa shape index (κ1) is 22.4. The normalized spacial score (nSPS) is 15.5. The van der Waals surface area contributed by atoms with Gasteiger partial charge in [-0.3, -0.25) is 9.59 Å². The number of likely N-dealkylation sites (tertiary alicyclic amines) is 1. The summed E-state index contributed by atoms with van der Waals surface area (Å²) in [6.45, 7) is 7.89. The van der Waals surface area contributed by atoms with Gasteiger partial charge in [0.05, 0.1) is 11.8 Å². The van der Waals surface area contributed by atoms with E-state index in [9.17, 15) is 4.79 Å². The molecule has 2 amide bonds. The van der Waals surface area contributed by atoms with E-state index in [4.69, 9.17) is 9.53 Å². The predicted molar refractivity (Wildman–Crippen MR) is 128 cm³/mol. The molecule has 1 aliphatic rings. The quantitative estimate of drug-likeness (QED) is 0.483. The summed E-state index contributed by atoms with van der Waals surface area (Å²) in [5.74, 6) is 2.10. The average Bonchev–Trinajstić information content (AvgIpc) is 3.45. The monoisotopic (exact) mass is 447 g/mol. The lowest BCUT2D eigenvalue weighted by Gasteiger charge is -2.15. The second-order valence-electron chi connectivity index (χ2n) is 8.60. The zero-order valence-electron chi connectivity index (χ0n) is 19.4. The molecule has 172 valence electrons. The van der Waals surface area contributed by atoms with Crippen molar-refractivity contribution in [1.82, 2.24) is 19.1 Å². The van der Waals surface area contributed by atoms with E-state index in [1.165, 1.54) is 11.2 Å². The van der Waals surface area contributed by atoms with Crippen LogP contribution in [0.4, 0.5) is 0 Å². The van der Waals surface area contributed by atoms with Gasteiger partial charge in [-0.1, -0.05) is 6.92 Å². The number of primary amides is 1. The fourth-order valence-electron chi connectivity index (χ4n) is 4.47. The van der Waals surface area contributed by atoms with Crippen LogP contribution in [0.1, 0.15) is 35.0 Å². The molecule has 0 spiro atoms. The van der Waals surface area contributed by atoms with Crippen molar-refractivity contribution in [3.63, 3.8) is 0 Å². The van der Waals surface area contributed by atoms with Gasteiger partial charge in [-0.25, -0.2) is 4.52 Å². The maximum absolute atomic E-state index is 13.1. The van der Waals surface area contributed by atoms with Crippen molar-refractivity contribution < 1.29 is 14.3 Å². The van der Waals surface area contributed by atoms with Crippen LogP contribution in [-0.2, 0) is 11.8 Å². The van der Waals surface area contributed by atoms with Crippen LogP contribution in [-0.4, -0.2) is 44.5 Å². The van der Waals surface area contributed by atoms with Gasteiger partial charge in [-0.15, -0.1) is 0 Å². The standard InChI is InChI=1S/C24H26N4O2.CH3NO/c1-15-8-10-27(13-15)24(29)20-14-28-23(17(20)3)22(7-9-25-28)30-19-5-6-21-18(12-19)11-16(2)26(21)4;2-1-3/h5-7,9,11-12,14-15H,8,10,13H2,1-4H3;1H,(H2,2,3). The minimum absolute atomic E-state index is 0.0782. The smallest absolute Gasteiger partial charge is 0.255 e. The number of fused-ring (bicyclic) bond motifs is 2. The van der Waals surface area contributed by atoms with E-state index >= 15 is 0 Å². The highest BCUT2D eigenvalue weighted by Gasteiger charge is 2.27. The van der Waals surface area contributed by atoms with Crippen LogP contribution in [0.3, 0.4) is 0 Å². The number of hydrogen-bond acceptors (Lipinski definition) is 4. The number of nitrogens with zero attached hydrogens (tertiary/aromatic N) is 4. The van der Waals surface area contributed by atoms with Crippen LogP contribution in [0.2, 0.25) is 0 Å². The number of rotatable bonds is 3. The third-order valence-corrected chi connectivity index (χ3v) is 6.31. The number of benzene rings is 1. The summed E-state index contributed by atoms with van der Waals surface area (Å²) in [6.07, 6.45) is 4.85. The van der Waals surface area contributed by atoms with Crippen LogP contribution in [0.5, 0.6) is 11.5 Å². The van der Waals surface area contributed by atoms with Gasteiger partial charge >= 0.3 is 0 Å². The van der Waals surface area contributed by atoms with Crippen LogP contribution in [0.25, 0.3) is 16.4 Å². The minimum atomic E-state index is 0.0782. The van der Waals surface area contributed by atoms with E-state index < -0.39 is 0 Å². The van der Waals surface area contributed by atoms with Gasteiger partial charge < -0.3 is 19.9 Å². The number of ether oxygens (including phenoxy) is 1. The predicted octanol–water partition coefficient (Wildman–Crippen LogP) is 3.82. The summed E-state index contributed by atoms with van der Waals surface area (Å²) in [7, 11) is 2.06. The number of aryl methyl sites for hydroxylation is 3. The molecule has 33 heavy (non-hydrogen) atoms. The van der Waals surface area contributed by atoms with Gasteiger partial charge in [0.25, 0.3) is 5.91 Å². The Morgan fingerprint density at radius 1 is 1.24 bits per heavy atom. The van der Waals surface area contributed by atoms with E-state index in [2.05, 4.69) is 54.5 Å². The lowest BCUT2D eigenvalue weighted by atomic mass is 10.1. The van der Waals surface area contributed by atoms with Crippen molar-refractivity contribution in [3.8, 4) is 11.5 Å². The number of nitrogens with two attached hydrogens (primary N) is 1. The van der Waals surface area contributed by atoms with Crippen molar-refractivity contribution >= 4 is 28.7 Å². The molecular weight excluding hydrogens is 418 g/mol. The Hall–Kier alpha value is -3.81. The molecule has 1 aliphatic heterocycles. The first-order valence-corrected chi connectivity index (χ1v) is 11.0. The van der Waals surface area contributed by atoms with E-state index in [0.717, 1.165) is 41.7 Å². The average molecular weight is 448 g/mol. The highest BCUT2D eigenvalue weighted by atomic mass is 16.5. The SMILES string of the molecule is Cc1c(C(=O)N2CCC(C)C2)cn2nccc(Oc3ccc4c(c3)cc(C)n4C)c12.NC=O. The van der Waals surface area contributed by atoms with Crippen LogP contribution in [0, 0.1) is 19.8 Å². The molecule has 1 saturated heterocycles. The molecule has 8 heteroatoms. The second-order valence-corrected chi connectivity index (χ2v) is 8.60. The fourth-order valence-corrected chi connectivity index (χ4v) is 4.47. The molecule has 1 fully saturated rings. The van der Waals surface area contributed by atoms with Gasteiger partial charge in [-0.05, 0) is 56.0 Å². The van der Waals surface area contributed by atoms with E-state index in [1.807, 2.05) is 30.2 Å². The van der Waals surface area contributed by atoms with Gasteiger partial charge in [0, 0.05) is 49.0 Å². The van der Waals surface area contributed by atoms with Crippen molar-refractivity contribution in [1.29, 1.82) is 0 Å². The summed E-state index contributed by atoms with van der Waals surface area (Å²) in [4.78, 5) is 23.6. The molecular formula is C25H29N5O3. The Morgan fingerprint density at radius 2 is 2.00 bits per heavy atom. The molecule has 0 aliphatic carbocycles. The fraction of sp³-hybridized carbons (Fsp3) is 0.320. The summed E-state index contributed by atoms with van der Waals surface area (Å²) >= 11 is 0. The van der Waals surface area contributed by atoms with E-state index in [-0.39, 0.29) is 12.3 Å². The van der Waals surface area contributed by atoms with Crippen molar-refractivity contribution in [2.24, 2.45) is 18.7 Å². The minimum Gasteiger partial charge on any atom is -0.455 e. The summed E-state index contributed by atoms with van der Waals surface area (Å²) in [5.41, 5.74) is 8.97. The van der Waals surface area contributed by atoms with Gasteiger partial charge in [-0.2, -0.15) is 5.10 Å². The number of carbonyl (C=O) groups excluding carboxylic acids is 2. The van der Waals surface area contributed by atoms with Gasteiger partial charge in [0.2, 0.25) is 6.41 Å². The van der Waals surface area contributed by atoms with E-state index in [1.54, 1.807) is 10.7 Å². The Bertz CT molecular complexity index is 1340. The van der Waals surface area contributed by atoms with Gasteiger partial charge in [0.1, 0.15) is 11.3 Å². The molecule has 1 unspecified atom stereocenters. The van der Waals surface area contributed by atoms with E-state index in [0.29, 0.717) is 17.2 Å². The number of aromatic nitrogens is 3. The zero-order valence-corrected chi connectivity index (χ0v) is 19.4. The third-order valence-electron chi connectivity index (χ3n) is 6.31. The molecule has 0 radical (unpaired) electrons. The van der Waals surface area contributed by atoms with Crippen molar-refractivity contribution in [2.75, 3.05) is 13.1 Å². The molecule has 1 aromatic carbocycles. The summed E-state index contributed by atoms with van der Waals surface area (Å²) < 4.78 is 10.2. The van der Waals surface area contributed by atoms with Crippen molar-refractivity contribution in [2.45, 2.75) is 27.2 Å². The first-order chi connectivity index (χ1) is 15.8. The van der Waals surface area contributed by atoms with Crippen molar-refractivity contribution in [3.05, 3.63) is 59.5 Å². The number of hydrogen-bond donors (Lipinski definition) is 1. The largest absolute Gasteiger partial charge is 0.455 e. The highest BCUT2D eigenvalue weighted by Crippen LogP contribution is 2.33. The maximum atomic E-state index is 13.1. The second kappa shape index (κ2) is 8.97. The Balaban J connectivity index is 0.000000821.